The average Bonchev–Trinajstić information content (AvgIpc) is 2.38. The SMILES string of the molecule is CCc1ccc2ccc3cccnc3c2c1. The van der Waals surface area contributed by atoms with E-state index in [1.54, 1.807) is 0 Å². The molecule has 0 saturated carbocycles. The molecule has 1 heterocycles. The van der Waals surface area contributed by atoms with Gasteiger partial charge in [-0.05, 0) is 29.5 Å². The molecule has 0 saturated heterocycles. The molecule has 16 heavy (non-hydrogen) atoms. The molecule has 1 heteroatoms. The Morgan fingerprint density at radius 1 is 1.00 bits per heavy atom. The van der Waals surface area contributed by atoms with Crippen LogP contribution in [0, 0.1) is 0 Å². The lowest BCUT2D eigenvalue weighted by molar-refractivity contribution is 1.15. The van der Waals surface area contributed by atoms with Crippen LogP contribution in [-0.4, -0.2) is 4.98 Å². The predicted molar refractivity (Wildman–Crippen MR) is 68.6 cm³/mol. The zero-order chi connectivity index (χ0) is 11.0. The summed E-state index contributed by atoms with van der Waals surface area (Å²) in [6.45, 7) is 2.18. The summed E-state index contributed by atoms with van der Waals surface area (Å²) in [4.78, 5) is 4.48. The van der Waals surface area contributed by atoms with Crippen LogP contribution in [0.5, 0.6) is 0 Å². The average molecular weight is 207 g/mol. The smallest absolute Gasteiger partial charge is 0.0780 e. The number of benzene rings is 2. The van der Waals surface area contributed by atoms with E-state index in [2.05, 4.69) is 48.3 Å². The molecule has 0 aliphatic rings. The monoisotopic (exact) mass is 207 g/mol. The Hall–Kier alpha value is -1.89. The number of hydrogen-bond acceptors (Lipinski definition) is 1. The fourth-order valence-corrected chi connectivity index (χ4v) is 2.13. The van der Waals surface area contributed by atoms with Crippen molar-refractivity contribution < 1.29 is 0 Å². The largest absolute Gasteiger partial charge is 0.256 e. The first kappa shape index (κ1) is 9.34. The third-order valence-electron chi connectivity index (χ3n) is 3.06. The molecule has 0 N–H and O–H groups in total. The molecule has 0 amide bonds. The quantitative estimate of drug-likeness (QED) is 0.550. The van der Waals surface area contributed by atoms with Crippen LogP contribution in [0.25, 0.3) is 21.7 Å². The first-order chi connectivity index (χ1) is 7.88. The Kier molecular flexibility index (Phi) is 2.10. The van der Waals surface area contributed by atoms with Crippen molar-refractivity contribution >= 4 is 21.7 Å². The van der Waals surface area contributed by atoms with E-state index in [9.17, 15) is 0 Å². The number of fused-ring (bicyclic) bond motifs is 3. The summed E-state index contributed by atoms with van der Waals surface area (Å²) in [6, 6.07) is 15.0. The highest BCUT2D eigenvalue weighted by Crippen LogP contribution is 2.24. The molecule has 3 rings (SSSR count). The Bertz CT molecular complexity index is 656. The minimum absolute atomic E-state index is 1.07. The van der Waals surface area contributed by atoms with Crippen molar-refractivity contribution in [3.05, 3.63) is 54.2 Å². The van der Waals surface area contributed by atoms with E-state index in [1.165, 1.54) is 21.7 Å². The molecule has 0 aliphatic carbocycles. The summed E-state index contributed by atoms with van der Waals surface area (Å²) in [6.07, 6.45) is 2.93. The lowest BCUT2D eigenvalue weighted by Gasteiger charge is -2.04. The molecule has 1 nitrogen and oxygen atoms in total. The number of aromatic nitrogens is 1. The molecule has 3 aromatic rings. The van der Waals surface area contributed by atoms with Crippen molar-refractivity contribution in [2.75, 3.05) is 0 Å². The Labute approximate surface area is 94.7 Å². The molecule has 0 spiro atoms. The van der Waals surface area contributed by atoms with E-state index in [1.807, 2.05) is 12.3 Å². The van der Waals surface area contributed by atoms with Crippen LogP contribution in [0.4, 0.5) is 0 Å². The molecular formula is C15H13N. The maximum absolute atomic E-state index is 4.48. The standard InChI is InChI=1S/C15H13N/c1-2-11-5-6-12-7-8-13-4-3-9-16-15(13)14(12)10-11/h3-10H,2H2,1H3. The number of rotatable bonds is 1. The van der Waals surface area contributed by atoms with Crippen molar-refractivity contribution in [3.8, 4) is 0 Å². The Morgan fingerprint density at radius 2 is 1.81 bits per heavy atom. The minimum Gasteiger partial charge on any atom is -0.256 e. The summed E-state index contributed by atoms with van der Waals surface area (Å²) >= 11 is 0. The van der Waals surface area contributed by atoms with Crippen LogP contribution in [0.15, 0.2) is 48.7 Å². The van der Waals surface area contributed by atoms with Crippen LogP contribution < -0.4 is 0 Å². The second kappa shape index (κ2) is 3.60. The van der Waals surface area contributed by atoms with Crippen LogP contribution in [0.3, 0.4) is 0 Å². The van der Waals surface area contributed by atoms with Gasteiger partial charge < -0.3 is 0 Å². The lowest BCUT2D eigenvalue weighted by atomic mass is 10.0. The summed E-state index contributed by atoms with van der Waals surface area (Å²) in [5, 5.41) is 3.74. The zero-order valence-corrected chi connectivity index (χ0v) is 9.27. The molecule has 0 fully saturated rings. The van der Waals surface area contributed by atoms with Gasteiger partial charge >= 0.3 is 0 Å². The fraction of sp³-hybridized carbons (Fsp3) is 0.133. The molecule has 2 aromatic carbocycles. The van der Waals surface area contributed by atoms with Gasteiger partial charge in [0.25, 0.3) is 0 Å². The van der Waals surface area contributed by atoms with Crippen molar-refractivity contribution in [2.45, 2.75) is 13.3 Å². The van der Waals surface area contributed by atoms with Gasteiger partial charge in [0.1, 0.15) is 0 Å². The van der Waals surface area contributed by atoms with E-state index in [0.717, 1.165) is 11.9 Å². The molecule has 78 valence electrons. The third-order valence-corrected chi connectivity index (χ3v) is 3.06. The Balaban J connectivity index is 2.47. The van der Waals surface area contributed by atoms with E-state index >= 15 is 0 Å². The maximum Gasteiger partial charge on any atom is 0.0780 e. The number of pyridine rings is 1. The second-order valence-corrected chi connectivity index (χ2v) is 4.05. The predicted octanol–water partition coefficient (Wildman–Crippen LogP) is 3.95. The summed E-state index contributed by atoms with van der Waals surface area (Å²) in [5.41, 5.74) is 2.47. The zero-order valence-electron chi connectivity index (χ0n) is 9.27. The van der Waals surface area contributed by atoms with E-state index in [4.69, 9.17) is 0 Å². The van der Waals surface area contributed by atoms with Crippen LogP contribution >= 0.6 is 0 Å². The first-order valence-corrected chi connectivity index (χ1v) is 5.65. The highest BCUT2D eigenvalue weighted by molar-refractivity contribution is 6.05. The molecule has 0 bridgehead atoms. The summed E-state index contributed by atoms with van der Waals surface area (Å²) in [5.74, 6) is 0. The van der Waals surface area contributed by atoms with Crippen LogP contribution in [-0.2, 0) is 6.42 Å². The van der Waals surface area contributed by atoms with Crippen LogP contribution in [0.1, 0.15) is 12.5 Å². The third kappa shape index (κ3) is 1.36. The molecule has 1 aromatic heterocycles. The molecule has 0 aliphatic heterocycles. The number of nitrogens with zero attached hydrogens (tertiary/aromatic N) is 1. The van der Waals surface area contributed by atoms with Gasteiger partial charge in [-0.2, -0.15) is 0 Å². The Morgan fingerprint density at radius 3 is 2.69 bits per heavy atom. The van der Waals surface area contributed by atoms with Gasteiger partial charge in [0, 0.05) is 17.0 Å². The van der Waals surface area contributed by atoms with Gasteiger partial charge in [0.15, 0.2) is 0 Å². The van der Waals surface area contributed by atoms with Crippen molar-refractivity contribution in [1.82, 2.24) is 4.98 Å². The first-order valence-electron chi connectivity index (χ1n) is 5.65. The summed E-state index contributed by atoms with van der Waals surface area (Å²) < 4.78 is 0. The van der Waals surface area contributed by atoms with Gasteiger partial charge in [0.2, 0.25) is 0 Å². The van der Waals surface area contributed by atoms with Crippen molar-refractivity contribution in [3.63, 3.8) is 0 Å². The van der Waals surface area contributed by atoms with Crippen molar-refractivity contribution in [2.24, 2.45) is 0 Å². The van der Waals surface area contributed by atoms with Gasteiger partial charge in [-0.15, -0.1) is 0 Å². The lowest BCUT2D eigenvalue weighted by Crippen LogP contribution is -1.84. The van der Waals surface area contributed by atoms with Gasteiger partial charge in [0.05, 0.1) is 5.52 Å². The number of hydrogen-bond donors (Lipinski definition) is 0. The highest BCUT2D eigenvalue weighted by atomic mass is 14.6. The molecule has 0 unspecified atom stereocenters. The van der Waals surface area contributed by atoms with Gasteiger partial charge in [-0.1, -0.05) is 37.3 Å². The van der Waals surface area contributed by atoms with Gasteiger partial charge in [-0.25, -0.2) is 0 Å². The molecule has 0 radical (unpaired) electrons. The maximum atomic E-state index is 4.48. The van der Waals surface area contributed by atoms with E-state index in [-0.39, 0.29) is 0 Å². The fourth-order valence-electron chi connectivity index (χ4n) is 2.13. The molecular weight excluding hydrogens is 194 g/mol. The minimum atomic E-state index is 1.07. The summed E-state index contributed by atoms with van der Waals surface area (Å²) in [7, 11) is 0. The van der Waals surface area contributed by atoms with Crippen molar-refractivity contribution in [1.29, 1.82) is 0 Å². The number of aryl methyl sites for hydroxylation is 1. The topological polar surface area (TPSA) is 12.9 Å². The highest BCUT2D eigenvalue weighted by Gasteiger charge is 2.01. The van der Waals surface area contributed by atoms with Gasteiger partial charge in [-0.3, -0.25) is 4.98 Å². The normalized spacial score (nSPS) is 11.1. The van der Waals surface area contributed by atoms with E-state index in [0.29, 0.717) is 0 Å². The van der Waals surface area contributed by atoms with E-state index < -0.39 is 0 Å². The molecule has 0 atom stereocenters. The second-order valence-electron chi connectivity index (χ2n) is 4.05. The van der Waals surface area contributed by atoms with Crippen LogP contribution in [0.2, 0.25) is 0 Å².